The number of benzene rings is 3. The predicted molar refractivity (Wildman–Crippen MR) is 161 cm³/mol. The van der Waals surface area contributed by atoms with E-state index in [9.17, 15) is 18.0 Å². The van der Waals surface area contributed by atoms with E-state index in [2.05, 4.69) is 5.32 Å². The molecule has 1 atom stereocenters. The maximum absolute atomic E-state index is 14.2. The van der Waals surface area contributed by atoms with E-state index in [0.717, 1.165) is 21.0 Å². The number of sulfonamides is 1. The SMILES string of the molecule is CC[C@@H](C(=O)NC(C)C)N(Cc1ccccc1Cl)C(=O)CN(c1cccc(C)c1C)S(=O)(=O)c1ccc(C)cc1. The summed E-state index contributed by atoms with van der Waals surface area (Å²) in [6.07, 6.45) is 0.336. The first-order valence-electron chi connectivity index (χ1n) is 13.4. The average molecular weight is 584 g/mol. The molecular weight excluding hydrogens is 546 g/mol. The largest absolute Gasteiger partial charge is 0.352 e. The first kappa shape index (κ1) is 31.2. The number of carbonyl (C=O) groups is 2. The van der Waals surface area contributed by atoms with Crippen molar-refractivity contribution in [2.75, 3.05) is 10.8 Å². The second-order valence-corrected chi connectivity index (χ2v) is 12.5. The molecule has 3 aromatic rings. The van der Waals surface area contributed by atoms with Crippen molar-refractivity contribution in [2.24, 2.45) is 0 Å². The molecule has 2 amide bonds. The lowest BCUT2D eigenvalue weighted by Gasteiger charge is -2.34. The van der Waals surface area contributed by atoms with E-state index in [1.165, 1.54) is 4.90 Å². The van der Waals surface area contributed by atoms with E-state index in [0.29, 0.717) is 22.7 Å². The summed E-state index contributed by atoms with van der Waals surface area (Å²) in [5, 5.41) is 3.35. The number of carbonyl (C=O) groups excluding carboxylic acids is 2. The Morgan fingerprint density at radius 2 is 1.57 bits per heavy atom. The lowest BCUT2D eigenvalue weighted by molar-refractivity contribution is -0.140. The van der Waals surface area contributed by atoms with Crippen molar-refractivity contribution in [3.05, 3.63) is 94.0 Å². The van der Waals surface area contributed by atoms with Crippen LogP contribution in [0, 0.1) is 20.8 Å². The molecule has 0 fully saturated rings. The van der Waals surface area contributed by atoms with Crippen molar-refractivity contribution >= 4 is 39.1 Å². The first-order chi connectivity index (χ1) is 18.9. The van der Waals surface area contributed by atoms with Crippen molar-refractivity contribution in [1.82, 2.24) is 10.2 Å². The van der Waals surface area contributed by atoms with E-state index in [1.807, 2.05) is 53.7 Å². The molecule has 0 unspecified atom stereocenters. The molecule has 0 bridgehead atoms. The smallest absolute Gasteiger partial charge is 0.264 e. The van der Waals surface area contributed by atoms with E-state index in [-0.39, 0.29) is 23.4 Å². The topological polar surface area (TPSA) is 86.8 Å². The van der Waals surface area contributed by atoms with Crippen LogP contribution in [0.1, 0.15) is 49.4 Å². The van der Waals surface area contributed by atoms with Gasteiger partial charge < -0.3 is 10.2 Å². The Bertz CT molecular complexity index is 1460. The Kier molecular flexibility index (Phi) is 10.4. The summed E-state index contributed by atoms with van der Waals surface area (Å²) in [5.41, 5.74) is 3.62. The van der Waals surface area contributed by atoms with Crippen LogP contribution in [-0.2, 0) is 26.2 Å². The van der Waals surface area contributed by atoms with Crippen molar-refractivity contribution in [2.45, 2.75) is 71.5 Å². The van der Waals surface area contributed by atoms with Gasteiger partial charge in [-0.15, -0.1) is 0 Å². The number of halogens is 1. The fourth-order valence-corrected chi connectivity index (χ4v) is 6.13. The molecule has 0 saturated heterocycles. The van der Waals surface area contributed by atoms with Gasteiger partial charge in [0.15, 0.2) is 0 Å². The molecule has 0 heterocycles. The molecule has 1 N–H and O–H groups in total. The summed E-state index contributed by atoms with van der Waals surface area (Å²) in [4.78, 5) is 28.9. The molecule has 40 heavy (non-hydrogen) atoms. The first-order valence-corrected chi connectivity index (χ1v) is 15.2. The van der Waals surface area contributed by atoms with E-state index in [1.54, 1.807) is 54.6 Å². The van der Waals surface area contributed by atoms with Crippen molar-refractivity contribution in [1.29, 1.82) is 0 Å². The molecule has 0 aliphatic heterocycles. The molecule has 214 valence electrons. The van der Waals surface area contributed by atoms with E-state index in [4.69, 9.17) is 11.6 Å². The minimum absolute atomic E-state index is 0.0494. The van der Waals surface area contributed by atoms with Crippen LogP contribution < -0.4 is 9.62 Å². The Hall–Kier alpha value is -3.36. The minimum atomic E-state index is -4.13. The fourth-order valence-electron chi connectivity index (χ4n) is 4.47. The lowest BCUT2D eigenvalue weighted by Crippen LogP contribution is -2.53. The molecular formula is C31H38ClN3O4S. The van der Waals surface area contributed by atoms with Crippen LogP contribution in [-0.4, -0.2) is 43.8 Å². The Morgan fingerprint density at radius 3 is 2.17 bits per heavy atom. The maximum Gasteiger partial charge on any atom is 0.264 e. The van der Waals surface area contributed by atoms with Gasteiger partial charge >= 0.3 is 0 Å². The van der Waals surface area contributed by atoms with Crippen LogP contribution in [0.15, 0.2) is 71.6 Å². The van der Waals surface area contributed by atoms with Gasteiger partial charge in [-0.25, -0.2) is 8.42 Å². The molecule has 3 aromatic carbocycles. The Morgan fingerprint density at radius 1 is 0.925 bits per heavy atom. The quantitative estimate of drug-likeness (QED) is 0.309. The third-order valence-corrected chi connectivity index (χ3v) is 8.99. The van der Waals surface area contributed by atoms with Gasteiger partial charge in [-0.1, -0.05) is 66.6 Å². The van der Waals surface area contributed by atoms with Crippen LogP contribution in [0.5, 0.6) is 0 Å². The lowest BCUT2D eigenvalue weighted by atomic mass is 10.1. The van der Waals surface area contributed by atoms with E-state index >= 15 is 0 Å². The molecule has 7 nitrogen and oxygen atoms in total. The summed E-state index contributed by atoms with van der Waals surface area (Å²) in [6.45, 7) is 10.7. The molecule has 0 aromatic heterocycles. The van der Waals surface area contributed by atoms with E-state index < -0.39 is 28.5 Å². The number of aryl methyl sites for hydroxylation is 2. The summed E-state index contributed by atoms with van der Waals surface area (Å²) >= 11 is 6.45. The minimum Gasteiger partial charge on any atom is -0.352 e. The number of hydrogen-bond donors (Lipinski definition) is 1. The van der Waals surface area contributed by atoms with Gasteiger partial charge in [-0.3, -0.25) is 13.9 Å². The van der Waals surface area contributed by atoms with Gasteiger partial charge in [-0.2, -0.15) is 0 Å². The highest BCUT2D eigenvalue weighted by atomic mass is 35.5. The Labute approximate surface area is 243 Å². The number of nitrogens with zero attached hydrogens (tertiary/aromatic N) is 2. The zero-order valence-electron chi connectivity index (χ0n) is 23.9. The summed E-state index contributed by atoms with van der Waals surface area (Å²) in [6, 6.07) is 18.0. The number of nitrogens with one attached hydrogen (secondary N) is 1. The summed E-state index contributed by atoms with van der Waals surface area (Å²) in [7, 11) is -4.13. The molecule has 0 saturated carbocycles. The van der Waals surface area contributed by atoms with Crippen LogP contribution >= 0.6 is 11.6 Å². The molecule has 9 heteroatoms. The fraction of sp³-hybridized carbons (Fsp3) is 0.355. The maximum atomic E-state index is 14.2. The molecule has 0 aliphatic rings. The van der Waals surface area contributed by atoms with Crippen molar-refractivity contribution in [3.8, 4) is 0 Å². The van der Waals surface area contributed by atoms with Gasteiger partial charge in [0, 0.05) is 17.6 Å². The second kappa shape index (κ2) is 13.3. The zero-order chi connectivity index (χ0) is 29.6. The highest BCUT2D eigenvalue weighted by Crippen LogP contribution is 2.29. The molecule has 0 aliphatic carbocycles. The second-order valence-electron chi connectivity index (χ2n) is 10.2. The Balaban J connectivity index is 2.12. The highest BCUT2D eigenvalue weighted by molar-refractivity contribution is 7.92. The van der Waals surface area contributed by atoms with Gasteiger partial charge in [0.1, 0.15) is 12.6 Å². The van der Waals surface area contributed by atoms with Gasteiger partial charge in [0.05, 0.1) is 10.6 Å². The summed E-state index contributed by atoms with van der Waals surface area (Å²) < 4.78 is 29.3. The third kappa shape index (κ3) is 7.23. The number of hydrogen-bond acceptors (Lipinski definition) is 4. The van der Waals surface area contributed by atoms with Crippen LogP contribution in [0.3, 0.4) is 0 Å². The van der Waals surface area contributed by atoms with Crippen molar-refractivity contribution < 1.29 is 18.0 Å². The van der Waals surface area contributed by atoms with Crippen LogP contribution in [0.25, 0.3) is 0 Å². The van der Waals surface area contributed by atoms with Gasteiger partial charge in [0.25, 0.3) is 10.0 Å². The highest BCUT2D eigenvalue weighted by Gasteiger charge is 2.34. The predicted octanol–water partition coefficient (Wildman–Crippen LogP) is 5.79. The number of rotatable bonds is 11. The average Bonchev–Trinajstić information content (AvgIpc) is 2.89. The summed E-state index contributed by atoms with van der Waals surface area (Å²) in [5.74, 6) is -0.820. The normalized spacial score (nSPS) is 12.2. The number of anilines is 1. The standard InChI is InChI=1S/C31H38ClN3O4S/c1-7-28(31(37)33-21(2)3)34(19-25-12-8-9-13-27(25)32)30(36)20-35(29-14-10-11-23(5)24(29)6)40(38,39)26-17-15-22(4)16-18-26/h8-18,21,28H,7,19-20H2,1-6H3,(H,33,37)/t28-/m0/s1. The zero-order valence-corrected chi connectivity index (χ0v) is 25.5. The molecule has 3 rings (SSSR count). The molecule has 0 radical (unpaired) electrons. The van der Waals surface area contributed by atoms with Crippen LogP contribution in [0.4, 0.5) is 5.69 Å². The number of amides is 2. The van der Waals surface area contributed by atoms with Crippen LogP contribution in [0.2, 0.25) is 5.02 Å². The van der Waals surface area contributed by atoms with Gasteiger partial charge in [-0.05, 0) is 82.0 Å². The molecule has 0 spiro atoms. The van der Waals surface area contributed by atoms with Crippen molar-refractivity contribution in [3.63, 3.8) is 0 Å². The third-order valence-electron chi connectivity index (χ3n) is 6.85. The monoisotopic (exact) mass is 583 g/mol. The van der Waals surface area contributed by atoms with Gasteiger partial charge in [0.2, 0.25) is 11.8 Å².